The molecule has 5 unspecified atom stereocenters. The molecular weight excluding hydrogens is 416 g/mol. The molecule has 1 aromatic carbocycles. The molecule has 5 heteroatoms. The molecule has 1 aliphatic carbocycles. The lowest BCUT2D eigenvalue weighted by Gasteiger charge is -2.45. The fraction of sp³-hybridized carbons (Fsp3) is 0.679. The van der Waals surface area contributed by atoms with E-state index in [9.17, 15) is 4.79 Å². The predicted molar refractivity (Wildman–Crippen MR) is 130 cm³/mol. The molecular formula is C28H42O5. The molecule has 2 saturated heterocycles. The Labute approximate surface area is 200 Å². The van der Waals surface area contributed by atoms with E-state index in [0.29, 0.717) is 18.9 Å². The Hall–Kier alpha value is -1.87. The first kappa shape index (κ1) is 27.4. The van der Waals surface area contributed by atoms with Crippen molar-refractivity contribution in [3.63, 3.8) is 0 Å². The van der Waals surface area contributed by atoms with Crippen LogP contribution in [0.5, 0.6) is 0 Å². The second-order valence-electron chi connectivity index (χ2n) is 8.90. The van der Waals surface area contributed by atoms with Crippen molar-refractivity contribution in [2.75, 3.05) is 6.61 Å². The molecule has 1 saturated carbocycles. The van der Waals surface area contributed by atoms with Crippen molar-refractivity contribution in [3.05, 3.63) is 35.9 Å². The van der Waals surface area contributed by atoms with Crippen molar-refractivity contribution >= 4 is 5.97 Å². The molecule has 5 atom stereocenters. The molecule has 0 spiro atoms. The summed E-state index contributed by atoms with van der Waals surface area (Å²) in [5.41, 5.74) is 0.971. The number of benzene rings is 1. The third-order valence-corrected chi connectivity index (χ3v) is 5.87. The first-order valence-electron chi connectivity index (χ1n) is 12.6. The van der Waals surface area contributed by atoms with Crippen LogP contribution >= 0.6 is 0 Å². The minimum atomic E-state index is -0.441. The molecule has 3 fully saturated rings. The summed E-state index contributed by atoms with van der Waals surface area (Å²) in [6.45, 7) is 10.3. The number of carbonyl (C=O) groups excluding carboxylic acids is 1. The standard InChI is InChI=1S/C20H26O5.C6H10.C2H6/c1-12(2)19(21)24-16-10-15(13-8-9-13)23-17-11-22-20(25-18(16)17)14-6-4-3-5-7-14;1-3-5-6-4-2;1-2/h3-7,12-13,15-18,20H,8-11H2,1-2H3;1H,4-6H2,2H3;1-2H3. The number of rotatable bonds is 6. The van der Waals surface area contributed by atoms with Gasteiger partial charge in [0.05, 0.1) is 18.6 Å². The highest BCUT2D eigenvalue weighted by molar-refractivity contribution is 5.71. The topological polar surface area (TPSA) is 54.0 Å². The molecule has 5 nitrogen and oxygen atoms in total. The van der Waals surface area contributed by atoms with Gasteiger partial charge in [0.1, 0.15) is 18.3 Å². The van der Waals surface area contributed by atoms with Crippen LogP contribution in [0.2, 0.25) is 0 Å². The third-order valence-electron chi connectivity index (χ3n) is 5.87. The van der Waals surface area contributed by atoms with Gasteiger partial charge in [-0.25, -0.2) is 0 Å². The SMILES string of the molecule is C#CCCCC.CC.CC(C)C(=O)OC1CC(C2CC2)OC2COC(c3ccccc3)OC12. The van der Waals surface area contributed by atoms with Crippen molar-refractivity contribution in [1.82, 2.24) is 0 Å². The highest BCUT2D eigenvalue weighted by atomic mass is 16.7. The Kier molecular flexibility index (Phi) is 11.9. The summed E-state index contributed by atoms with van der Waals surface area (Å²) in [5.74, 6) is 2.84. The number of hydrogen-bond donors (Lipinski definition) is 0. The third kappa shape index (κ3) is 8.45. The van der Waals surface area contributed by atoms with Crippen LogP contribution in [0.1, 0.15) is 85.0 Å². The van der Waals surface area contributed by atoms with Crippen molar-refractivity contribution in [3.8, 4) is 12.3 Å². The number of carbonyl (C=O) groups is 1. The summed E-state index contributed by atoms with van der Waals surface area (Å²) in [7, 11) is 0. The molecule has 0 radical (unpaired) electrons. The summed E-state index contributed by atoms with van der Waals surface area (Å²) < 4.78 is 24.1. The van der Waals surface area contributed by atoms with Crippen LogP contribution in [0.25, 0.3) is 0 Å². The molecule has 4 rings (SSSR count). The molecule has 0 aromatic heterocycles. The van der Waals surface area contributed by atoms with Crippen LogP contribution in [0, 0.1) is 24.2 Å². The van der Waals surface area contributed by atoms with Gasteiger partial charge in [0.25, 0.3) is 0 Å². The number of terminal acetylenes is 1. The van der Waals surface area contributed by atoms with Crippen molar-refractivity contribution < 1.29 is 23.7 Å². The molecule has 1 aromatic rings. The summed E-state index contributed by atoms with van der Waals surface area (Å²) in [6.07, 6.45) is 10.4. The first-order chi connectivity index (χ1) is 16.0. The fourth-order valence-electron chi connectivity index (χ4n) is 3.87. The van der Waals surface area contributed by atoms with Gasteiger partial charge in [-0.05, 0) is 25.2 Å². The van der Waals surface area contributed by atoms with Gasteiger partial charge >= 0.3 is 5.97 Å². The highest BCUT2D eigenvalue weighted by Crippen LogP contribution is 2.43. The maximum absolute atomic E-state index is 12.2. The maximum Gasteiger partial charge on any atom is 0.308 e. The number of esters is 1. The molecule has 2 heterocycles. The van der Waals surface area contributed by atoms with Gasteiger partial charge in [0.2, 0.25) is 0 Å². The smallest absolute Gasteiger partial charge is 0.308 e. The van der Waals surface area contributed by atoms with Gasteiger partial charge in [-0.1, -0.05) is 71.4 Å². The minimum absolute atomic E-state index is 0.145. The second kappa shape index (κ2) is 14.4. The Bertz CT molecular complexity index is 722. The van der Waals surface area contributed by atoms with Crippen LogP contribution in [-0.2, 0) is 23.7 Å². The van der Waals surface area contributed by atoms with Crippen LogP contribution in [0.15, 0.2) is 30.3 Å². The molecule has 2 aliphatic heterocycles. The van der Waals surface area contributed by atoms with Gasteiger partial charge in [0, 0.05) is 18.4 Å². The minimum Gasteiger partial charge on any atom is -0.459 e. The number of unbranched alkanes of at least 4 members (excludes halogenated alkanes) is 2. The molecule has 33 heavy (non-hydrogen) atoms. The molecule has 3 aliphatic rings. The average molecular weight is 459 g/mol. The normalized spacial score (nSPS) is 28.2. The predicted octanol–water partition coefficient (Wildman–Crippen LogP) is 6.07. The lowest BCUT2D eigenvalue weighted by Crippen LogP contribution is -2.56. The van der Waals surface area contributed by atoms with Crippen LogP contribution in [0.3, 0.4) is 0 Å². The monoisotopic (exact) mass is 458 g/mol. The Morgan fingerprint density at radius 1 is 1.15 bits per heavy atom. The highest BCUT2D eigenvalue weighted by Gasteiger charge is 2.49. The van der Waals surface area contributed by atoms with Gasteiger partial charge < -0.3 is 18.9 Å². The van der Waals surface area contributed by atoms with E-state index in [1.165, 1.54) is 25.7 Å². The number of hydrogen-bond acceptors (Lipinski definition) is 5. The summed E-state index contributed by atoms with van der Waals surface area (Å²) in [6, 6.07) is 9.86. The fourth-order valence-corrected chi connectivity index (χ4v) is 3.87. The van der Waals surface area contributed by atoms with Gasteiger partial charge in [-0.15, -0.1) is 12.3 Å². The molecule has 184 valence electrons. The largest absolute Gasteiger partial charge is 0.459 e. The van der Waals surface area contributed by atoms with E-state index in [4.69, 9.17) is 25.4 Å². The number of ether oxygens (including phenoxy) is 4. The Morgan fingerprint density at radius 3 is 2.39 bits per heavy atom. The van der Waals surface area contributed by atoms with E-state index < -0.39 is 6.29 Å². The second-order valence-corrected chi connectivity index (χ2v) is 8.90. The molecule has 0 bridgehead atoms. The van der Waals surface area contributed by atoms with Crippen LogP contribution in [0.4, 0.5) is 0 Å². The van der Waals surface area contributed by atoms with Crippen molar-refractivity contribution in [1.29, 1.82) is 0 Å². The van der Waals surface area contributed by atoms with Gasteiger partial charge in [0.15, 0.2) is 6.29 Å². The van der Waals surface area contributed by atoms with E-state index in [1.54, 1.807) is 0 Å². The maximum atomic E-state index is 12.2. The zero-order valence-corrected chi connectivity index (χ0v) is 21.0. The van der Waals surface area contributed by atoms with Gasteiger partial charge in [-0.3, -0.25) is 4.79 Å². The van der Waals surface area contributed by atoms with Crippen LogP contribution in [-0.4, -0.2) is 37.0 Å². The molecule has 0 N–H and O–H groups in total. The lowest BCUT2D eigenvalue weighted by atomic mass is 9.94. The summed E-state index contributed by atoms with van der Waals surface area (Å²) in [5, 5.41) is 0. The molecule has 0 amide bonds. The van der Waals surface area contributed by atoms with E-state index >= 15 is 0 Å². The van der Waals surface area contributed by atoms with E-state index in [2.05, 4.69) is 12.8 Å². The van der Waals surface area contributed by atoms with E-state index in [0.717, 1.165) is 12.0 Å². The van der Waals surface area contributed by atoms with Gasteiger partial charge in [-0.2, -0.15) is 0 Å². The first-order valence-corrected chi connectivity index (χ1v) is 12.6. The van der Waals surface area contributed by atoms with E-state index in [-0.39, 0.29) is 36.3 Å². The summed E-state index contributed by atoms with van der Waals surface area (Å²) in [4.78, 5) is 12.2. The summed E-state index contributed by atoms with van der Waals surface area (Å²) >= 11 is 0. The van der Waals surface area contributed by atoms with Crippen LogP contribution < -0.4 is 0 Å². The van der Waals surface area contributed by atoms with E-state index in [1.807, 2.05) is 58.0 Å². The zero-order valence-electron chi connectivity index (χ0n) is 21.0. The Morgan fingerprint density at radius 2 is 1.85 bits per heavy atom. The number of fused-ring (bicyclic) bond motifs is 1. The zero-order chi connectivity index (χ0) is 24.2. The lowest BCUT2D eigenvalue weighted by molar-refractivity contribution is -0.313. The Balaban J connectivity index is 0.000000421. The van der Waals surface area contributed by atoms with Crippen molar-refractivity contribution in [2.45, 2.75) is 104 Å². The quantitative estimate of drug-likeness (QED) is 0.294. The average Bonchev–Trinajstić information content (AvgIpc) is 3.70. The van der Waals surface area contributed by atoms with Crippen molar-refractivity contribution in [2.24, 2.45) is 11.8 Å².